The van der Waals surface area contributed by atoms with Crippen LogP contribution in [-0.4, -0.2) is 12.6 Å². The molecule has 1 aromatic carbocycles. The number of hydrogen-bond donors (Lipinski definition) is 1. The number of rotatable bonds is 4. The lowest BCUT2D eigenvalue weighted by Gasteiger charge is -2.05. The first-order valence-electron chi connectivity index (χ1n) is 5.17. The summed E-state index contributed by atoms with van der Waals surface area (Å²) in [5.74, 6) is 5.61. The minimum atomic E-state index is -0.401. The summed E-state index contributed by atoms with van der Waals surface area (Å²) in [5.41, 5.74) is 0.978. The van der Waals surface area contributed by atoms with Gasteiger partial charge < -0.3 is 10.1 Å². The van der Waals surface area contributed by atoms with Crippen molar-refractivity contribution in [2.24, 2.45) is 0 Å². The molecule has 0 saturated heterocycles. The maximum Gasteiger partial charge on any atom is 0.407 e. The first kappa shape index (κ1) is 12.1. The van der Waals surface area contributed by atoms with Gasteiger partial charge in [0.25, 0.3) is 0 Å². The van der Waals surface area contributed by atoms with Crippen LogP contribution in [0.4, 0.5) is 4.79 Å². The second-order valence-corrected chi connectivity index (χ2v) is 3.17. The molecule has 1 N–H and O–H groups in total. The van der Waals surface area contributed by atoms with Gasteiger partial charge in [0.15, 0.2) is 0 Å². The minimum Gasteiger partial charge on any atom is -0.445 e. The van der Waals surface area contributed by atoms with Crippen LogP contribution in [-0.2, 0) is 11.3 Å². The molecule has 1 rings (SSSR count). The second-order valence-electron chi connectivity index (χ2n) is 3.17. The van der Waals surface area contributed by atoms with E-state index in [9.17, 15) is 4.79 Å². The number of amides is 1. The van der Waals surface area contributed by atoms with Crippen LogP contribution in [0, 0.1) is 11.8 Å². The highest BCUT2D eigenvalue weighted by molar-refractivity contribution is 5.67. The molecule has 0 saturated carbocycles. The van der Waals surface area contributed by atoms with Gasteiger partial charge in [-0.1, -0.05) is 30.3 Å². The summed E-state index contributed by atoms with van der Waals surface area (Å²) in [7, 11) is 0. The molecular formula is C13H15NO2. The Hall–Kier alpha value is -1.95. The van der Waals surface area contributed by atoms with E-state index in [2.05, 4.69) is 17.2 Å². The van der Waals surface area contributed by atoms with E-state index < -0.39 is 6.09 Å². The molecule has 0 aliphatic heterocycles. The summed E-state index contributed by atoms with van der Waals surface area (Å²) in [6.07, 6.45) is 0.249. The zero-order valence-electron chi connectivity index (χ0n) is 9.32. The van der Waals surface area contributed by atoms with Crippen LogP contribution < -0.4 is 5.32 Å². The fourth-order valence-electron chi connectivity index (χ4n) is 1.13. The Kier molecular flexibility index (Phi) is 5.57. The monoisotopic (exact) mass is 217 g/mol. The standard InChI is InChI=1S/C13H15NO2/c1-2-3-7-10-14-13(15)16-11-12-8-5-4-6-9-12/h4-6,8-9H,7,10-11H2,1H3,(H,14,15). The van der Waals surface area contributed by atoms with Gasteiger partial charge >= 0.3 is 6.09 Å². The SMILES string of the molecule is CC#CCCNC(=O)OCc1ccccc1. The summed E-state index contributed by atoms with van der Waals surface area (Å²) in [6, 6.07) is 9.57. The van der Waals surface area contributed by atoms with Crippen molar-refractivity contribution in [3.8, 4) is 11.8 Å². The molecule has 0 radical (unpaired) electrons. The Balaban J connectivity index is 2.17. The van der Waals surface area contributed by atoms with E-state index >= 15 is 0 Å². The zero-order valence-corrected chi connectivity index (χ0v) is 9.32. The van der Waals surface area contributed by atoms with Crippen molar-refractivity contribution in [1.29, 1.82) is 0 Å². The predicted octanol–water partition coefficient (Wildman–Crippen LogP) is 2.33. The molecule has 0 aliphatic carbocycles. The largest absolute Gasteiger partial charge is 0.445 e. The Labute approximate surface area is 95.8 Å². The van der Waals surface area contributed by atoms with Crippen molar-refractivity contribution in [3.05, 3.63) is 35.9 Å². The lowest BCUT2D eigenvalue weighted by atomic mass is 10.2. The fourth-order valence-corrected chi connectivity index (χ4v) is 1.13. The van der Waals surface area contributed by atoms with Crippen molar-refractivity contribution in [2.75, 3.05) is 6.54 Å². The summed E-state index contributed by atoms with van der Waals surface area (Å²) < 4.78 is 5.01. The Morgan fingerprint density at radius 2 is 2.12 bits per heavy atom. The first-order valence-corrected chi connectivity index (χ1v) is 5.17. The number of nitrogens with one attached hydrogen (secondary N) is 1. The van der Waals surface area contributed by atoms with Crippen LogP contribution in [0.3, 0.4) is 0 Å². The highest BCUT2D eigenvalue weighted by Gasteiger charge is 2.00. The van der Waals surface area contributed by atoms with Crippen LogP contribution in [0.15, 0.2) is 30.3 Å². The molecule has 16 heavy (non-hydrogen) atoms. The summed E-state index contributed by atoms with van der Waals surface area (Å²) in [4.78, 5) is 11.2. The third kappa shape index (κ3) is 5.06. The molecule has 0 aromatic heterocycles. The third-order valence-corrected chi connectivity index (χ3v) is 1.91. The molecule has 0 heterocycles. The molecule has 0 bridgehead atoms. The van der Waals surface area contributed by atoms with Gasteiger partial charge in [0.2, 0.25) is 0 Å². The maximum atomic E-state index is 11.2. The van der Waals surface area contributed by atoms with E-state index in [1.807, 2.05) is 30.3 Å². The minimum absolute atomic E-state index is 0.298. The fraction of sp³-hybridized carbons (Fsp3) is 0.308. The van der Waals surface area contributed by atoms with Crippen molar-refractivity contribution in [2.45, 2.75) is 20.0 Å². The van der Waals surface area contributed by atoms with E-state index in [4.69, 9.17) is 4.74 Å². The van der Waals surface area contributed by atoms with Crippen LogP contribution in [0.1, 0.15) is 18.9 Å². The molecule has 0 aliphatic rings. The average molecular weight is 217 g/mol. The van der Waals surface area contributed by atoms with E-state index in [1.54, 1.807) is 6.92 Å². The van der Waals surface area contributed by atoms with E-state index in [0.717, 1.165) is 5.56 Å². The molecule has 84 valence electrons. The highest BCUT2D eigenvalue weighted by Crippen LogP contribution is 2.00. The van der Waals surface area contributed by atoms with Gasteiger partial charge in [0, 0.05) is 13.0 Å². The molecule has 3 heteroatoms. The lowest BCUT2D eigenvalue weighted by molar-refractivity contribution is 0.140. The topological polar surface area (TPSA) is 38.3 Å². The van der Waals surface area contributed by atoms with Crippen LogP contribution in [0.5, 0.6) is 0 Å². The smallest absolute Gasteiger partial charge is 0.407 e. The number of carbonyl (C=O) groups is 1. The van der Waals surface area contributed by atoms with Gasteiger partial charge in [-0.25, -0.2) is 4.79 Å². The molecule has 1 aromatic rings. The first-order chi connectivity index (χ1) is 7.83. The number of hydrogen-bond acceptors (Lipinski definition) is 2. The summed E-state index contributed by atoms with van der Waals surface area (Å²) in [6.45, 7) is 2.59. The van der Waals surface area contributed by atoms with Crippen LogP contribution in [0.25, 0.3) is 0 Å². The normalized spacial score (nSPS) is 8.81. The van der Waals surface area contributed by atoms with Crippen molar-refractivity contribution < 1.29 is 9.53 Å². The number of alkyl carbamates (subject to hydrolysis) is 1. The van der Waals surface area contributed by atoms with Gasteiger partial charge in [-0.05, 0) is 12.5 Å². The van der Waals surface area contributed by atoms with Crippen molar-refractivity contribution in [3.63, 3.8) is 0 Å². The van der Waals surface area contributed by atoms with Crippen LogP contribution in [0.2, 0.25) is 0 Å². The molecule has 1 amide bonds. The van der Waals surface area contributed by atoms with Gasteiger partial charge in [0.05, 0.1) is 0 Å². The van der Waals surface area contributed by atoms with Gasteiger partial charge in [0.1, 0.15) is 6.61 Å². The quantitative estimate of drug-likeness (QED) is 0.621. The number of ether oxygens (including phenoxy) is 1. The van der Waals surface area contributed by atoms with Crippen LogP contribution >= 0.6 is 0 Å². The molecule has 3 nitrogen and oxygen atoms in total. The van der Waals surface area contributed by atoms with Gasteiger partial charge in [-0.15, -0.1) is 11.8 Å². The molecule has 0 fully saturated rings. The number of benzene rings is 1. The molecule has 0 atom stereocenters. The van der Waals surface area contributed by atoms with E-state index in [-0.39, 0.29) is 0 Å². The highest BCUT2D eigenvalue weighted by atomic mass is 16.5. The number of carbonyl (C=O) groups excluding carboxylic acids is 1. The van der Waals surface area contributed by atoms with E-state index in [1.165, 1.54) is 0 Å². The maximum absolute atomic E-state index is 11.2. The predicted molar refractivity (Wildman–Crippen MR) is 62.7 cm³/mol. The lowest BCUT2D eigenvalue weighted by Crippen LogP contribution is -2.24. The summed E-state index contributed by atoms with van der Waals surface area (Å²) in [5, 5.41) is 2.62. The van der Waals surface area contributed by atoms with E-state index in [0.29, 0.717) is 19.6 Å². The van der Waals surface area contributed by atoms with Gasteiger partial charge in [-0.3, -0.25) is 0 Å². The average Bonchev–Trinajstić information content (AvgIpc) is 2.33. The zero-order chi connectivity index (χ0) is 11.6. The summed E-state index contributed by atoms with van der Waals surface area (Å²) >= 11 is 0. The molecule has 0 unspecified atom stereocenters. The molecular weight excluding hydrogens is 202 g/mol. The Bertz CT molecular complexity index is 376. The van der Waals surface area contributed by atoms with Gasteiger partial charge in [-0.2, -0.15) is 0 Å². The van der Waals surface area contributed by atoms with Crippen molar-refractivity contribution in [1.82, 2.24) is 5.32 Å². The Morgan fingerprint density at radius 1 is 1.38 bits per heavy atom. The van der Waals surface area contributed by atoms with Crippen molar-refractivity contribution >= 4 is 6.09 Å². The Morgan fingerprint density at radius 3 is 2.81 bits per heavy atom. The molecule has 0 spiro atoms. The third-order valence-electron chi connectivity index (χ3n) is 1.91. The second kappa shape index (κ2) is 7.36.